The van der Waals surface area contributed by atoms with Gasteiger partial charge in [0.25, 0.3) is 5.91 Å². The summed E-state index contributed by atoms with van der Waals surface area (Å²) in [7, 11) is 0. The maximum atomic E-state index is 12.9. The summed E-state index contributed by atoms with van der Waals surface area (Å²) >= 11 is 5.11. The van der Waals surface area contributed by atoms with Gasteiger partial charge in [-0.25, -0.2) is 4.39 Å². The fourth-order valence-electron chi connectivity index (χ4n) is 2.41. The first-order valence-electron chi connectivity index (χ1n) is 8.89. The largest absolute Gasteiger partial charge is 0.490 e. The number of amides is 1. The number of carbonyl (C=O) groups is 1. The third kappa shape index (κ3) is 6.58. The zero-order valence-electron chi connectivity index (χ0n) is 15.4. The minimum absolute atomic E-state index is 0.125. The molecule has 0 bridgehead atoms. The van der Waals surface area contributed by atoms with Crippen LogP contribution in [-0.4, -0.2) is 24.2 Å². The molecule has 3 rings (SSSR count). The van der Waals surface area contributed by atoms with E-state index >= 15 is 0 Å². The van der Waals surface area contributed by atoms with Crippen LogP contribution in [0.2, 0.25) is 0 Å². The monoisotopic (exact) mass is 410 g/mol. The molecule has 7 heteroatoms. The molecule has 0 fully saturated rings. The Labute approximate surface area is 173 Å². The average molecular weight is 410 g/mol. The highest BCUT2D eigenvalue weighted by Gasteiger charge is 2.08. The Morgan fingerprint density at radius 3 is 2.03 bits per heavy atom. The normalized spacial score (nSPS) is 10.1. The topological polar surface area (TPSA) is 59.6 Å². The van der Waals surface area contributed by atoms with Crippen molar-refractivity contribution < 1.29 is 18.7 Å². The van der Waals surface area contributed by atoms with Crippen LogP contribution in [0.25, 0.3) is 0 Å². The van der Waals surface area contributed by atoms with E-state index in [1.165, 1.54) is 24.3 Å². The molecule has 0 radical (unpaired) electrons. The molecule has 0 atom stereocenters. The second-order valence-corrected chi connectivity index (χ2v) is 6.36. The van der Waals surface area contributed by atoms with E-state index in [1.54, 1.807) is 24.3 Å². The summed E-state index contributed by atoms with van der Waals surface area (Å²) in [6, 6.07) is 21.8. The molecule has 0 saturated heterocycles. The number of hydrogen-bond acceptors (Lipinski definition) is 4. The first kappa shape index (κ1) is 20.3. The van der Waals surface area contributed by atoms with Gasteiger partial charge in [-0.1, -0.05) is 18.2 Å². The summed E-state index contributed by atoms with van der Waals surface area (Å²) in [5.41, 5.74) is 1.01. The van der Waals surface area contributed by atoms with E-state index in [9.17, 15) is 9.18 Å². The molecular formula is C22H19FN2O3S. The lowest BCUT2D eigenvalue weighted by Gasteiger charge is -2.11. The predicted molar refractivity (Wildman–Crippen MR) is 114 cm³/mol. The Balaban J connectivity index is 1.43. The van der Waals surface area contributed by atoms with E-state index in [2.05, 4.69) is 10.6 Å². The number of ether oxygens (including phenoxy) is 2. The minimum atomic E-state index is -0.358. The number of benzene rings is 3. The summed E-state index contributed by atoms with van der Waals surface area (Å²) in [5.74, 6) is 0.710. The molecule has 0 aromatic heterocycles. The number of carbonyl (C=O) groups excluding carboxylic acids is 1. The summed E-state index contributed by atoms with van der Waals surface area (Å²) < 4.78 is 24.1. The van der Waals surface area contributed by atoms with Gasteiger partial charge in [0, 0.05) is 11.3 Å². The first-order chi connectivity index (χ1) is 14.1. The van der Waals surface area contributed by atoms with Crippen molar-refractivity contribution in [1.29, 1.82) is 0 Å². The molecule has 0 aliphatic rings. The van der Waals surface area contributed by atoms with E-state index in [-0.39, 0.29) is 16.8 Å². The van der Waals surface area contributed by atoms with E-state index in [0.717, 1.165) is 5.75 Å². The van der Waals surface area contributed by atoms with Crippen LogP contribution in [0.3, 0.4) is 0 Å². The van der Waals surface area contributed by atoms with Crippen molar-refractivity contribution in [3.05, 3.63) is 90.2 Å². The number of para-hydroxylation sites is 1. The Morgan fingerprint density at radius 1 is 0.828 bits per heavy atom. The molecule has 0 spiro atoms. The molecule has 3 aromatic carbocycles. The van der Waals surface area contributed by atoms with E-state index in [0.29, 0.717) is 30.2 Å². The first-order valence-corrected chi connectivity index (χ1v) is 9.29. The van der Waals surface area contributed by atoms with Gasteiger partial charge in [-0.3, -0.25) is 10.1 Å². The Hall–Kier alpha value is -3.45. The average Bonchev–Trinajstić information content (AvgIpc) is 2.74. The molecule has 29 heavy (non-hydrogen) atoms. The Bertz CT molecular complexity index is 948. The zero-order valence-corrected chi connectivity index (χ0v) is 16.2. The van der Waals surface area contributed by atoms with Gasteiger partial charge < -0.3 is 14.8 Å². The van der Waals surface area contributed by atoms with Crippen LogP contribution in [-0.2, 0) is 0 Å². The van der Waals surface area contributed by atoms with Crippen LogP contribution in [0.4, 0.5) is 10.1 Å². The summed E-state index contributed by atoms with van der Waals surface area (Å²) in [5, 5.41) is 5.52. The molecule has 3 aromatic rings. The van der Waals surface area contributed by atoms with Crippen molar-refractivity contribution >= 4 is 28.9 Å². The van der Waals surface area contributed by atoms with E-state index in [1.807, 2.05) is 30.3 Å². The lowest BCUT2D eigenvalue weighted by atomic mass is 10.2. The van der Waals surface area contributed by atoms with Gasteiger partial charge in [-0.05, 0) is 72.9 Å². The Kier molecular flexibility index (Phi) is 7.13. The van der Waals surface area contributed by atoms with Crippen molar-refractivity contribution in [3.8, 4) is 11.5 Å². The second-order valence-electron chi connectivity index (χ2n) is 5.95. The molecule has 0 saturated carbocycles. The van der Waals surface area contributed by atoms with E-state index < -0.39 is 0 Å². The number of anilines is 1. The molecule has 0 heterocycles. The number of halogens is 1. The number of nitrogens with one attached hydrogen (secondary N) is 2. The molecule has 0 aliphatic heterocycles. The molecule has 2 N–H and O–H groups in total. The molecule has 5 nitrogen and oxygen atoms in total. The standard InChI is InChI=1S/C22H19FN2O3S/c23-17-8-10-18(11-9-17)24-22(29)25-21(26)16-6-12-20(13-7-16)28-15-14-27-19-4-2-1-3-5-19/h1-13H,14-15H2,(H2,24,25,26,29). The molecule has 148 valence electrons. The number of rotatable bonds is 7. The highest BCUT2D eigenvalue weighted by Crippen LogP contribution is 2.13. The fourth-order valence-corrected chi connectivity index (χ4v) is 2.62. The van der Waals surface area contributed by atoms with Gasteiger partial charge in [-0.15, -0.1) is 0 Å². The fraction of sp³-hybridized carbons (Fsp3) is 0.0909. The van der Waals surface area contributed by atoms with Crippen molar-refractivity contribution in [1.82, 2.24) is 5.32 Å². The van der Waals surface area contributed by atoms with Gasteiger partial charge in [0.15, 0.2) is 5.11 Å². The molecule has 0 aliphatic carbocycles. The highest BCUT2D eigenvalue weighted by atomic mass is 32.1. The highest BCUT2D eigenvalue weighted by molar-refractivity contribution is 7.80. The maximum absolute atomic E-state index is 12.9. The van der Waals surface area contributed by atoms with Crippen LogP contribution >= 0.6 is 12.2 Å². The lowest BCUT2D eigenvalue weighted by molar-refractivity contribution is 0.0977. The third-order valence-corrected chi connectivity index (χ3v) is 4.01. The number of hydrogen-bond donors (Lipinski definition) is 2. The van der Waals surface area contributed by atoms with Gasteiger partial charge >= 0.3 is 0 Å². The quantitative estimate of drug-likeness (QED) is 0.446. The minimum Gasteiger partial charge on any atom is -0.490 e. The third-order valence-electron chi connectivity index (χ3n) is 3.81. The van der Waals surface area contributed by atoms with Crippen LogP contribution in [0, 0.1) is 5.82 Å². The van der Waals surface area contributed by atoms with Crippen molar-refractivity contribution in [3.63, 3.8) is 0 Å². The van der Waals surface area contributed by atoms with Crippen LogP contribution in [0.15, 0.2) is 78.9 Å². The van der Waals surface area contributed by atoms with Gasteiger partial charge in [0.1, 0.15) is 30.5 Å². The smallest absolute Gasteiger partial charge is 0.257 e. The van der Waals surface area contributed by atoms with Crippen molar-refractivity contribution in [2.75, 3.05) is 18.5 Å². The molecule has 1 amide bonds. The van der Waals surface area contributed by atoms with Gasteiger partial charge in [0.2, 0.25) is 0 Å². The maximum Gasteiger partial charge on any atom is 0.257 e. The molecule has 0 unspecified atom stereocenters. The van der Waals surface area contributed by atoms with Crippen LogP contribution < -0.4 is 20.1 Å². The summed E-state index contributed by atoms with van der Waals surface area (Å²) in [6.07, 6.45) is 0. The van der Waals surface area contributed by atoms with Crippen LogP contribution in [0.5, 0.6) is 11.5 Å². The van der Waals surface area contributed by atoms with Crippen molar-refractivity contribution in [2.45, 2.75) is 0 Å². The zero-order chi connectivity index (χ0) is 20.5. The predicted octanol–water partition coefficient (Wildman–Crippen LogP) is 4.41. The van der Waals surface area contributed by atoms with Crippen molar-refractivity contribution in [2.24, 2.45) is 0 Å². The summed E-state index contributed by atoms with van der Waals surface area (Å²) in [6.45, 7) is 0.793. The van der Waals surface area contributed by atoms with E-state index in [4.69, 9.17) is 21.7 Å². The molecular weight excluding hydrogens is 391 g/mol. The summed E-state index contributed by atoms with van der Waals surface area (Å²) in [4.78, 5) is 12.3. The van der Waals surface area contributed by atoms with Gasteiger partial charge in [0.05, 0.1) is 0 Å². The van der Waals surface area contributed by atoms with Crippen LogP contribution in [0.1, 0.15) is 10.4 Å². The van der Waals surface area contributed by atoms with Gasteiger partial charge in [-0.2, -0.15) is 0 Å². The number of thiocarbonyl (C=S) groups is 1. The lowest BCUT2D eigenvalue weighted by Crippen LogP contribution is -2.34. The SMILES string of the molecule is O=C(NC(=S)Nc1ccc(F)cc1)c1ccc(OCCOc2ccccc2)cc1. The Morgan fingerprint density at radius 2 is 1.41 bits per heavy atom. The second kappa shape index (κ2) is 10.2.